The number of rotatable bonds is 3. The van der Waals surface area contributed by atoms with E-state index in [9.17, 15) is 9.18 Å². The van der Waals surface area contributed by atoms with Crippen molar-refractivity contribution in [2.75, 3.05) is 6.54 Å². The van der Waals surface area contributed by atoms with Gasteiger partial charge in [0.25, 0.3) is 0 Å². The van der Waals surface area contributed by atoms with Gasteiger partial charge < -0.3 is 9.64 Å². The molecule has 0 N–H and O–H groups in total. The normalized spacial score (nSPS) is 17.2. The van der Waals surface area contributed by atoms with E-state index in [1.807, 2.05) is 30.3 Å². The number of carbonyl (C=O) groups is 1. The van der Waals surface area contributed by atoms with Gasteiger partial charge >= 0.3 is 6.09 Å². The second-order valence-corrected chi connectivity index (χ2v) is 4.95. The average molecular weight is 286 g/mol. The standard InChI is InChI=1S/C16H15FN2O2/c17-15-7-6-13(10-18-15)14-8-9-19(14)16(20)21-11-12-4-2-1-3-5-12/h1-7,10,14H,8-9,11H2/t14-/m0/s1. The predicted molar refractivity (Wildman–Crippen MR) is 74.9 cm³/mol. The summed E-state index contributed by atoms with van der Waals surface area (Å²) >= 11 is 0. The maximum Gasteiger partial charge on any atom is 0.410 e. The van der Waals surface area contributed by atoms with Crippen molar-refractivity contribution < 1.29 is 13.9 Å². The third-order valence-electron chi connectivity index (χ3n) is 3.59. The van der Waals surface area contributed by atoms with Crippen LogP contribution in [0.3, 0.4) is 0 Å². The van der Waals surface area contributed by atoms with Crippen LogP contribution in [0.4, 0.5) is 9.18 Å². The Morgan fingerprint density at radius 2 is 2.10 bits per heavy atom. The summed E-state index contributed by atoms with van der Waals surface area (Å²) in [6, 6.07) is 12.4. The lowest BCUT2D eigenvalue weighted by Crippen LogP contribution is -2.45. The Morgan fingerprint density at radius 1 is 1.29 bits per heavy atom. The quantitative estimate of drug-likeness (QED) is 0.813. The number of hydrogen-bond acceptors (Lipinski definition) is 3. The lowest BCUT2D eigenvalue weighted by Gasteiger charge is -2.40. The zero-order valence-corrected chi connectivity index (χ0v) is 11.4. The summed E-state index contributed by atoms with van der Waals surface area (Å²) in [5.41, 5.74) is 1.78. The molecular formula is C16H15FN2O2. The molecule has 4 nitrogen and oxygen atoms in total. The molecule has 3 rings (SSSR count). The molecule has 1 amide bonds. The number of carbonyl (C=O) groups excluding carboxylic acids is 1. The number of amides is 1. The maximum atomic E-state index is 12.8. The summed E-state index contributed by atoms with van der Waals surface area (Å²) in [6.07, 6.45) is 1.96. The molecule has 1 fully saturated rings. The number of likely N-dealkylation sites (tertiary alicyclic amines) is 1. The fourth-order valence-electron chi connectivity index (χ4n) is 2.34. The van der Waals surface area contributed by atoms with Gasteiger partial charge in [-0.2, -0.15) is 4.39 Å². The van der Waals surface area contributed by atoms with E-state index in [2.05, 4.69) is 4.98 Å². The fraction of sp³-hybridized carbons (Fsp3) is 0.250. The summed E-state index contributed by atoms with van der Waals surface area (Å²) < 4.78 is 18.1. The van der Waals surface area contributed by atoms with Crippen LogP contribution in [0.2, 0.25) is 0 Å². The van der Waals surface area contributed by atoms with Crippen molar-refractivity contribution in [3.8, 4) is 0 Å². The largest absolute Gasteiger partial charge is 0.445 e. The van der Waals surface area contributed by atoms with Gasteiger partial charge in [0.1, 0.15) is 6.61 Å². The van der Waals surface area contributed by atoms with Crippen LogP contribution in [-0.4, -0.2) is 22.5 Å². The molecular weight excluding hydrogens is 271 g/mol. The lowest BCUT2D eigenvalue weighted by atomic mass is 9.97. The molecule has 0 unspecified atom stereocenters. The van der Waals surface area contributed by atoms with E-state index in [1.165, 1.54) is 12.3 Å². The minimum atomic E-state index is -0.517. The fourth-order valence-corrected chi connectivity index (χ4v) is 2.34. The van der Waals surface area contributed by atoms with E-state index in [4.69, 9.17) is 4.74 Å². The summed E-state index contributed by atoms with van der Waals surface area (Å²) in [5, 5.41) is 0. The molecule has 2 heterocycles. The zero-order valence-electron chi connectivity index (χ0n) is 11.4. The number of benzene rings is 1. The Morgan fingerprint density at radius 3 is 2.71 bits per heavy atom. The second kappa shape index (κ2) is 5.91. The van der Waals surface area contributed by atoms with E-state index in [1.54, 1.807) is 11.0 Å². The van der Waals surface area contributed by atoms with Crippen LogP contribution in [0.15, 0.2) is 48.7 Å². The SMILES string of the molecule is O=C(OCc1ccccc1)N1CC[C@H]1c1ccc(F)nc1. The van der Waals surface area contributed by atoms with Gasteiger partial charge in [-0.1, -0.05) is 36.4 Å². The number of aromatic nitrogens is 1. The van der Waals surface area contributed by atoms with E-state index in [-0.39, 0.29) is 18.7 Å². The van der Waals surface area contributed by atoms with Crippen LogP contribution in [0.5, 0.6) is 0 Å². The minimum absolute atomic E-state index is 0.0682. The van der Waals surface area contributed by atoms with Crippen LogP contribution >= 0.6 is 0 Å². The summed E-state index contributed by atoms with van der Waals surface area (Å²) in [7, 11) is 0. The van der Waals surface area contributed by atoms with Gasteiger partial charge in [-0.05, 0) is 23.6 Å². The molecule has 1 aliphatic heterocycles. The van der Waals surface area contributed by atoms with Crippen LogP contribution in [-0.2, 0) is 11.3 Å². The number of halogens is 1. The van der Waals surface area contributed by atoms with Gasteiger partial charge in [-0.25, -0.2) is 9.78 Å². The predicted octanol–water partition coefficient (Wildman–Crippen LogP) is 3.30. The molecule has 1 atom stereocenters. The van der Waals surface area contributed by atoms with Crippen LogP contribution < -0.4 is 0 Å². The van der Waals surface area contributed by atoms with Crippen molar-refractivity contribution in [3.63, 3.8) is 0 Å². The van der Waals surface area contributed by atoms with E-state index < -0.39 is 5.95 Å². The Labute approximate surface area is 122 Å². The third kappa shape index (κ3) is 3.02. The number of ether oxygens (including phenoxy) is 1. The smallest absolute Gasteiger partial charge is 0.410 e. The van der Waals surface area contributed by atoms with E-state index in [0.29, 0.717) is 6.54 Å². The van der Waals surface area contributed by atoms with E-state index >= 15 is 0 Å². The third-order valence-corrected chi connectivity index (χ3v) is 3.59. The highest BCUT2D eigenvalue weighted by molar-refractivity contribution is 5.69. The van der Waals surface area contributed by atoms with Crippen LogP contribution in [0.25, 0.3) is 0 Å². The van der Waals surface area contributed by atoms with Crippen molar-refractivity contribution in [1.82, 2.24) is 9.88 Å². The first-order valence-corrected chi connectivity index (χ1v) is 6.83. The molecule has 0 spiro atoms. The molecule has 0 saturated carbocycles. The van der Waals surface area contributed by atoms with Crippen LogP contribution in [0.1, 0.15) is 23.6 Å². The maximum absolute atomic E-state index is 12.8. The van der Waals surface area contributed by atoms with Gasteiger partial charge in [0.15, 0.2) is 0 Å². The van der Waals surface area contributed by atoms with Gasteiger partial charge in [0.2, 0.25) is 5.95 Å². The highest BCUT2D eigenvalue weighted by Gasteiger charge is 2.34. The Bertz CT molecular complexity index is 616. The van der Waals surface area contributed by atoms with Crippen molar-refractivity contribution in [1.29, 1.82) is 0 Å². The van der Waals surface area contributed by atoms with Crippen molar-refractivity contribution in [3.05, 3.63) is 65.7 Å². The lowest BCUT2D eigenvalue weighted by molar-refractivity contribution is 0.0431. The van der Waals surface area contributed by atoms with Crippen molar-refractivity contribution in [2.45, 2.75) is 19.1 Å². The molecule has 2 aromatic rings. The average Bonchev–Trinajstić information content (AvgIpc) is 2.47. The van der Waals surface area contributed by atoms with Crippen molar-refractivity contribution in [2.24, 2.45) is 0 Å². The first-order valence-electron chi connectivity index (χ1n) is 6.83. The topological polar surface area (TPSA) is 42.4 Å². The molecule has 0 radical (unpaired) electrons. The van der Waals surface area contributed by atoms with Gasteiger partial charge in [-0.3, -0.25) is 0 Å². The molecule has 5 heteroatoms. The minimum Gasteiger partial charge on any atom is -0.445 e. The second-order valence-electron chi connectivity index (χ2n) is 4.95. The number of hydrogen-bond donors (Lipinski definition) is 0. The van der Waals surface area contributed by atoms with Crippen LogP contribution in [0, 0.1) is 5.95 Å². The van der Waals surface area contributed by atoms with E-state index in [0.717, 1.165) is 17.5 Å². The molecule has 1 aromatic heterocycles. The first-order chi connectivity index (χ1) is 10.2. The Balaban J connectivity index is 1.59. The molecule has 21 heavy (non-hydrogen) atoms. The zero-order chi connectivity index (χ0) is 14.7. The molecule has 1 aliphatic rings. The molecule has 1 saturated heterocycles. The van der Waals surface area contributed by atoms with Gasteiger partial charge in [0.05, 0.1) is 6.04 Å². The Kier molecular flexibility index (Phi) is 3.81. The number of pyridine rings is 1. The summed E-state index contributed by atoms with van der Waals surface area (Å²) in [4.78, 5) is 17.3. The van der Waals surface area contributed by atoms with Gasteiger partial charge in [-0.15, -0.1) is 0 Å². The summed E-state index contributed by atoms with van der Waals surface area (Å²) in [6.45, 7) is 0.903. The van der Waals surface area contributed by atoms with Crippen molar-refractivity contribution >= 4 is 6.09 Å². The molecule has 1 aromatic carbocycles. The molecule has 0 aliphatic carbocycles. The highest BCUT2D eigenvalue weighted by Crippen LogP contribution is 2.33. The monoisotopic (exact) mass is 286 g/mol. The summed E-state index contributed by atoms with van der Waals surface area (Å²) in [5.74, 6) is -0.517. The molecule has 0 bridgehead atoms. The Hall–Kier alpha value is -2.43. The number of nitrogens with zero attached hydrogens (tertiary/aromatic N) is 2. The molecule has 108 valence electrons. The van der Waals surface area contributed by atoms with Gasteiger partial charge in [0, 0.05) is 12.7 Å². The highest BCUT2D eigenvalue weighted by atomic mass is 19.1. The first kappa shape index (κ1) is 13.5.